The summed E-state index contributed by atoms with van der Waals surface area (Å²) >= 11 is 0. The van der Waals surface area contributed by atoms with Gasteiger partial charge in [0, 0.05) is 50.2 Å². The van der Waals surface area contributed by atoms with Gasteiger partial charge in [0.05, 0.1) is 5.92 Å². The van der Waals surface area contributed by atoms with Crippen molar-refractivity contribution in [1.82, 2.24) is 15.6 Å². The standard InChI is InChI=1S/C26H28FN5O3/c27-21-4-1-5-23(13-21)35-24-11-8-19(15-29-24)16-31-26(34)30-14-18-6-9-22(10-7-18)32-12-2-3-20(17-32)25(28)33/h1,4-11,13,15,20H,2-3,12,14,16-17H2,(H2,28,33)(H2,30,31,34)/t20-/m1/s1. The molecule has 4 N–H and O–H groups in total. The van der Waals surface area contributed by atoms with Crippen molar-refractivity contribution in [2.75, 3.05) is 18.0 Å². The molecular formula is C26H28FN5O3. The highest BCUT2D eigenvalue weighted by Gasteiger charge is 2.24. The summed E-state index contributed by atoms with van der Waals surface area (Å²) in [5.41, 5.74) is 8.28. The molecule has 1 aliphatic heterocycles. The number of amides is 3. The molecule has 1 aromatic heterocycles. The number of primary amides is 1. The monoisotopic (exact) mass is 477 g/mol. The van der Waals surface area contributed by atoms with Gasteiger partial charge in [0.25, 0.3) is 0 Å². The summed E-state index contributed by atoms with van der Waals surface area (Å²) in [5.74, 6) is -0.0410. The molecule has 0 saturated carbocycles. The van der Waals surface area contributed by atoms with Crippen LogP contribution in [0.4, 0.5) is 14.9 Å². The molecule has 2 heterocycles. The van der Waals surface area contributed by atoms with Crippen LogP contribution in [0.25, 0.3) is 0 Å². The first-order valence-corrected chi connectivity index (χ1v) is 11.5. The molecule has 0 radical (unpaired) electrons. The minimum atomic E-state index is -0.384. The number of benzene rings is 2. The smallest absolute Gasteiger partial charge is 0.315 e. The van der Waals surface area contributed by atoms with E-state index in [1.165, 1.54) is 12.1 Å². The maximum absolute atomic E-state index is 13.3. The van der Waals surface area contributed by atoms with Crippen molar-refractivity contribution in [3.63, 3.8) is 0 Å². The van der Waals surface area contributed by atoms with Crippen molar-refractivity contribution in [2.45, 2.75) is 25.9 Å². The fourth-order valence-electron chi connectivity index (χ4n) is 3.92. The van der Waals surface area contributed by atoms with E-state index in [0.29, 0.717) is 31.3 Å². The summed E-state index contributed by atoms with van der Waals surface area (Å²) in [5, 5.41) is 5.63. The van der Waals surface area contributed by atoms with Crippen molar-refractivity contribution >= 4 is 17.6 Å². The van der Waals surface area contributed by atoms with Crippen LogP contribution in [-0.2, 0) is 17.9 Å². The molecule has 1 fully saturated rings. The minimum Gasteiger partial charge on any atom is -0.439 e. The van der Waals surface area contributed by atoms with Crippen LogP contribution < -0.4 is 26.0 Å². The molecule has 1 aliphatic rings. The zero-order valence-electron chi connectivity index (χ0n) is 19.2. The summed E-state index contributed by atoms with van der Waals surface area (Å²) < 4.78 is 18.8. The molecule has 9 heteroatoms. The molecule has 182 valence electrons. The van der Waals surface area contributed by atoms with E-state index < -0.39 is 0 Å². The lowest BCUT2D eigenvalue weighted by Gasteiger charge is -2.33. The zero-order chi connectivity index (χ0) is 24.6. The molecular weight excluding hydrogens is 449 g/mol. The molecule has 3 amide bonds. The van der Waals surface area contributed by atoms with Crippen LogP contribution in [0.3, 0.4) is 0 Å². The summed E-state index contributed by atoms with van der Waals surface area (Å²) in [7, 11) is 0. The van der Waals surface area contributed by atoms with Gasteiger partial charge in [-0.25, -0.2) is 14.2 Å². The number of anilines is 1. The number of ether oxygens (including phenoxy) is 1. The van der Waals surface area contributed by atoms with Gasteiger partial charge in [-0.2, -0.15) is 0 Å². The number of carbonyl (C=O) groups excluding carboxylic acids is 2. The van der Waals surface area contributed by atoms with E-state index >= 15 is 0 Å². The number of carbonyl (C=O) groups is 2. The van der Waals surface area contributed by atoms with Gasteiger partial charge in [0.1, 0.15) is 11.6 Å². The van der Waals surface area contributed by atoms with E-state index in [-0.39, 0.29) is 23.7 Å². The lowest BCUT2D eigenvalue weighted by Crippen LogP contribution is -2.41. The predicted molar refractivity (Wildman–Crippen MR) is 130 cm³/mol. The average Bonchev–Trinajstić information content (AvgIpc) is 2.87. The number of nitrogens with two attached hydrogens (primary N) is 1. The fraction of sp³-hybridized carbons (Fsp3) is 0.269. The van der Waals surface area contributed by atoms with Crippen molar-refractivity contribution in [2.24, 2.45) is 11.7 Å². The van der Waals surface area contributed by atoms with Gasteiger partial charge in [-0.1, -0.05) is 24.3 Å². The maximum atomic E-state index is 13.3. The second-order valence-corrected chi connectivity index (χ2v) is 8.45. The number of halogens is 1. The van der Waals surface area contributed by atoms with E-state index in [1.807, 2.05) is 24.3 Å². The summed E-state index contributed by atoms with van der Waals surface area (Å²) in [6.07, 6.45) is 3.37. The van der Waals surface area contributed by atoms with Crippen LogP contribution in [0.2, 0.25) is 0 Å². The molecule has 8 nitrogen and oxygen atoms in total. The SMILES string of the molecule is NC(=O)[C@@H]1CCCN(c2ccc(CNC(=O)NCc3ccc(Oc4cccc(F)c4)nc3)cc2)C1. The summed E-state index contributed by atoms with van der Waals surface area (Å²) in [4.78, 5) is 30.1. The van der Waals surface area contributed by atoms with Crippen molar-refractivity contribution in [1.29, 1.82) is 0 Å². The van der Waals surface area contributed by atoms with Crippen LogP contribution in [-0.4, -0.2) is 30.0 Å². The number of hydrogen-bond acceptors (Lipinski definition) is 5. The van der Waals surface area contributed by atoms with E-state index in [1.54, 1.807) is 30.5 Å². The highest BCUT2D eigenvalue weighted by Crippen LogP contribution is 2.23. The molecule has 0 unspecified atom stereocenters. The Hall–Kier alpha value is -4.14. The van der Waals surface area contributed by atoms with Crippen LogP contribution in [0.15, 0.2) is 66.9 Å². The van der Waals surface area contributed by atoms with Crippen molar-refractivity contribution in [3.8, 4) is 11.6 Å². The molecule has 0 bridgehead atoms. The molecule has 2 aromatic carbocycles. The number of nitrogens with one attached hydrogen (secondary N) is 2. The number of rotatable bonds is 8. The van der Waals surface area contributed by atoms with Gasteiger partial charge in [0.2, 0.25) is 11.8 Å². The van der Waals surface area contributed by atoms with E-state index in [9.17, 15) is 14.0 Å². The van der Waals surface area contributed by atoms with Crippen molar-refractivity contribution < 1.29 is 18.7 Å². The lowest BCUT2D eigenvalue weighted by atomic mass is 9.97. The van der Waals surface area contributed by atoms with E-state index in [2.05, 4.69) is 20.5 Å². The quantitative estimate of drug-likeness (QED) is 0.458. The maximum Gasteiger partial charge on any atom is 0.315 e. The molecule has 3 aromatic rings. The van der Waals surface area contributed by atoms with Gasteiger partial charge in [-0.3, -0.25) is 4.79 Å². The van der Waals surface area contributed by atoms with Gasteiger partial charge in [-0.15, -0.1) is 0 Å². The summed E-state index contributed by atoms with van der Waals surface area (Å²) in [6, 6.07) is 16.9. The van der Waals surface area contributed by atoms with Crippen LogP contribution in [0.1, 0.15) is 24.0 Å². The van der Waals surface area contributed by atoms with Gasteiger partial charge < -0.3 is 26.0 Å². The lowest BCUT2D eigenvalue weighted by molar-refractivity contribution is -0.122. The number of hydrogen-bond donors (Lipinski definition) is 3. The Morgan fingerprint density at radius 2 is 1.80 bits per heavy atom. The third-order valence-electron chi connectivity index (χ3n) is 5.85. The number of pyridine rings is 1. The molecule has 35 heavy (non-hydrogen) atoms. The predicted octanol–water partition coefficient (Wildman–Crippen LogP) is 3.71. The Balaban J connectivity index is 1.20. The zero-order valence-corrected chi connectivity index (χ0v) is 19.2. The second kappa shape index (κ2) is 11.3. The Kier molecular flexibility index (Phi) is 7.77. The number of urea groups is 1. The first-order valence-electron chi connectivity index (χ1n) is 11.5. The third kappa shape index (κ3) is 6.92. The second-order valence-electron chi connectivity index (χ2n) is 8.45. The van der Waals surface area contributed by atoms with Gasteiger partial charge in [-0.05, 0) is 48.2 Å². The largest absolute Gasteiger partial charge is 0.439 e. The topological polar surface area (TPSA) is 110 Å². The first-order chi connectivity index (χ1) is 17.0. The Morgan fingerprint density at radius 3 is 2.49 bits per heavy atom. The number of piperidine rings is 1. The molecule has 0 aliphatic carbocycles. The highest BCUT2D eigenvalue weighted by molar-refractivity contribution is 5.77. The molecule has 1 saturated heterocycles. The highest BCUT2D eigenvalue weighted by atomic mass is 19.1. The summed E-state index contributed by atoms with van der Waals surface area (Å²) in [6.45, 7) is 2.22. The minimum absolute atomic E-state index is 0.110. The van der Waals surface area contributed by atoms with E-state index in [0.717, 1.165) is 36.2 Å². The fourth-order valence-corrected chi connectivity index (χ4v) is 3.92. The van der Waals surface area contributed by atoms with Gasteiger partial charge >= 0.3 is 6.03 Å². The third-order valence-corrected chi connectivity index (χ3v) is 5.85. The Bertz CT molecular complexity index is 1150. The van der Waals surface area contributed by atoms with Gasteiger partial charge in [0.15, 0.2) is 0 Å². The molecule has 0 spiro atoms. The van der Waals surface area contributed by atoms with Crippen LogP contribution in [0, 0.1) is 11.7 Å². The Labute approximate surface area is 203 Å². The normalized spacial score (nSPS) is 15.3. The Morgan fingerprint density at radius 1 is 1.06 bits per heavy atom. The van der Waals surface area contributed by atoms with E-state index in [4.69, 9.17) is 10.5 Å². The van der Waals surface area contributed by atoms with Crippen LogP contribution in [0.5, 0.6) is 11.6 Å². The number of aromatic nitrogens is 1. The average molecular weight is 478 g/mol. The molecule has 4 rings (SSSR count). The van der Waals surface area contributed by atoms with Crippen LogP contribution >= 0.6 is 0 Å². The first kappa shape index (κ1) is 24.0. The molecule has 1 atom stereocenters. The number of nitrogens with zero attached hydrogens (tertiary/aromatic N) is 2. The van der Waals surface area contributed by atoms with Crippen molar-refractivity contribution in [3.05, 3.63) is 83.8 Å².